The Morgan fingerprint density at radius 1 is 0.828 bits per heavy atom. The van der Waals surface area contributed by atoms with Crippen LogP contribution in [0.1, 0.15) is 116 Å². The molecule has 0 aromatic heterocycles. The van der Waals surface area contributed by atoms with Crippen LogP contribution in [0, 0.1) is 41.4 Å². The predicted octanol–water partition coefficient (Wildman–Crippen LogP) is 4.17. The number of carbonyl (C=O) groups excluding carboxylic acids is 4. The SMILES string of the molecule is CO[C@H]1C[C@@H](C)O[C@@H](OC2[C@@H](C)C(O[C@H]3C[C@@](C)(OC)[C@@H](OC(C)=O)[C@H](C)O3)[C@@H](C)C(=O)C[C@H]([C@@H](C)[C@@H](C)O)[C@H](C)[C@H](OC(C)=O)[C@@H](C)C(=O)[C@@](C)(O)C[C@@H]2C)[C@@H]1O. The lowest BCUT2D eigenvalue weighted by Crippen LogP contribution is -2.59. The lowest BCUT2D eigenvalue weighted by molar-refractivity contribution is -0.313. The third-order valence-electron chi connectivity index (χ3n) is 13.3. The smallest absolute Gasteiger partial charge is 0.303 e. The fourth-order valence-corrected chi connectivity index (χ4v) is 9.72. The molecule has 3 rings (SSSR count). The number of hydrogen-bond donors (Lipinski definition) is 3. The van der Waals surface area contributed by atoms with Gasteiger partial charge in [-0.15, -0.1) is 0 Å². The molecule has 0 aromatic rings. The molecule has 15 nitrogen and oxygen atoms in total. The van der Waals surface area contributed by atoms with Crippen LogP contribution in [-0.2, 0) is 57.1 Å². The van der Waals surface area contributed by atoms with Gasteiger partial charge in [0.15, 0.2) is 24.5 Å². The minimum atomic E-state index is -1.95. The molecule has 1 saturated carbocycles. The van der Waals surface area contributed by atoms with E-state index in [1.165, 1.54) is 35.0 Å². The summed E-state index contributed by atoms with van der Waals surface area (Å²) >= 11 is 0. The molecular formula is C43H74O15. The first kappa shape index (κ1) is 50.3. The Hall–Kier alpha value is -2.08. The number of aliphatic hydroxyl groups excluding tert-OH is 2. The van der Waals surface area contributed by atoms with Crippen molar-refractivity contribution < 1.29 is 72.4 Å². The van der Waals surface area contributed by atoms with Crippen LogP contribution in [-0.4, -0.2) is 132 Å². The Kier molecular flexibility index (Phi) is 17.9. The van der Waals surface area contributed by atoms with Crippen molar-refractivity contribution in [3.05, 3.63) is 0 Å². The fourth-order valence-electron chi connectivity index (χ4n) is 9.72. The van der Waals surface area contributed by atoms with Gasteiger partial charge in [0.2, 0.25) is 0 Å². The van der Waals surface area contributed by atoms with E-state index in [9.17, 15) is 34.5 Å². The third-order valence-corrected chi connectivity index (χ3v) is 13.3. The summed E-state index contributed by atoms with van der Waals surface area (Å²) in [5, 5.41) is 34.3. The second-order valence-electron chi connectivity index (χ2n) is 18.2. The van der Waals surface area contributed by atoms with Crippen molar-refractivity contribution in [2.24, 2.45) is 41.4 Å². The molecule has 2 heterocycles. The fraction of sp³-hybridized carbons (Fsp3) is 0.907. The van der Waals surface area contributed by atoms with Crippen molar-refractivity contribution in [2.45, 2.75) is 194 Å². The van der Waals surface area contributed by atoms with Crippen molar-refractivity contribution in [1.29, 1.82) is 0 Å². The molecule has 0 spiro atoms. The molecule has 1 aliphatic carbocycles. The zero-order valence-corrected chi connectivity index (χ0v) is 37.5. The van der Waals surface area contributed by atoms with Crippen LogP contribution < -0.4 is 0 Å². The van der Waals surface area contributed by atoms with Crippen LogP contribution in [0.4, 0.5) is 0 Å². The zero-order valence-electron chi connectivity index (χ0n) is 37.5. The summed E-state index contributed by atoms with van der Waals surface area (Å²) < 4.78 is 49.1. The number of ketones is 2. The van der Waals surface area contributed by atoms with Crippen LogP contribution in [0.2, 0.25) is 0 Å². The van der Waals surface area contributed by atoms with Crippen molar-refractivity contribution >= 4 is 23.5 Å². The summed E-state index contributed by atoms with van der Waals surface area (Å²) in [6, 6.07) is 0. The largest absolute Gasteiger partial charge is 0.462 e. The van der Waals surface area contributed by atoms with Crippen molar-refractivity contribution in [3.63, 3.8) is 0 Å². The van der Waals surface area contributed by atoms with E-state index in [4.69, 9.17) is 37.9 Å². The highest BCUT2D eigenvalue weighted by atomic mass is 16.7. The maximum absolute atomic E-state index is 14.8. The monoisotopic (exact) mass is 831 g/mol. The van der Waals surface area contributed by atoms with Gasteiger partial charge in [-0.25, -0.2) is 0 Å². The maximum Gasteiger partial charge on any atom is 0.303 e. The van der Waals surface area contributed by atoms with E-state index in [0.717, 1.165) is 0 Å². The van der Waals surface area contributed by atoms with E-state index >= 15 is 0 Å². The predicted molar refractivity (Wildman–Crippen MR) is 211 cm³/mol. The first-order chi connectivity index (χ1) is 26.8. The molecule has 0 bridgehead atoms. The van der Waals surface area contributed by atoms with Crippen molar-refractivity contribution in [3.8, 4) is 0 Å². The molecule has 336 valence electrons. The third kappa shape index (κ3) is 11.8. The summed E-state index contributed by atoms with van der Waals surface area (Å²) in [5.74, 6) is -6.67. The number of rotatable bonds is 10. The molecule has 3 aliphatic rings. The Balaban J connectivity index is 2.24. The second-order valence-corrected chi connectivity index (χ2v) is 18.2. The molecule has 2 saturated heterocycles. The minimum Gasteiger partial charge on any atom is -0.462 e. The molecular weight excluding hydrogens is 756 g/mol. The molecule has 2 unspecified atom stereocenters. The van der Waals surface area contributed by atoms with Crippen molar-refractivity contribution in [2.75, 3.05) is 14.2 Å². The van der Waals surface area contributed by atoms with E-state index in [-0.39, 0.29) is 31.1 Å². The van der Waals surface area contributed by atoms with Gasteiger partial charge in [-0.05, 0) is 64.7 Å². The van der Waals surface area contributed by atoms with Gasteiger partial charge >= 0.3 is 11.9 Å². The molecule has 3 N–H and O–H groups in total. The summed E-state index contributed by atoms with van der Waals surface area (Å²) in [5.41, 5.74) is -2.98. The van der Waals surface area contributed by atoms with Gasteiger partial charge in [0.25, 0.3) is 0 Å². The topological polar surface area (TPSA) is 203 Å². The standard InChI is InChI=1S/C43H74O15/c1-20-18-42(12,50)39(49)26(7)37(55-29(10)45)23(4)31(22(3)27(8)44)17-32(47)24(5)38(25(6)36(20)58-41-35(48)33(51-14)16-21(2)53-41)57-34-19-43(13,52-15)40(28(9)54-34)56-30(11)46/h20-28,31,33-38,40-41,44,48,50H,16-19H2,1-15H3/t20-,21+,22-,23-,24-,25+,26+,27+,28-,31+,33-,34-,35+,36?,37-,38?,40-,41-,42-,43+/m0/s1. The molecule has 3 fully saturated rings. The van der Waals surface area contributed by atoms with Gasteiger partial charge in [0.05, 0.1) is 42.5 Å². The Labute approximate surface area is 345 Å². The molecule has 0 radical (unpaired) electrons. The van der Waals surface area contributed by atoms with Crippen LogP contribution in [0.15, 0.2) is 0 Å². The van der Waals surface area contributed by atoms with Gasteiger partial charge in [0.1, 0.15) is 29.2 Å². The minimum absolute atomic E-state index is 0.0686. The highest BCUT2D eigenvalue weighted by Gasteiger charge is 2.52. The van der Waals surface area contributed by atoms with E-state index in [2.05, 4.69) is 0 Å². The normalized spacial score (nSPS) is 44.8. The first-order valence-corrected chi connectivity index (χ1v) is 21.0. The Bertz CT molecular complexity index is 1390. The highest BCUT2D eigenvalue weighted by Crippen LogP contribution is 2.42. The number of hydrogen-bond acceptors (Lipinski definition) is 15. The molecule has 20 atom stereocenters. The van der Waals surface area contributed by atoms with Gasteiger partial charge in [-0.1, -0.05) is 41.5 Å². The van der Waals surface area contributed by atoms with E-state index in [1.807, 2.05) is 27.7 Å². The summed E-state index contributed by atoms with van der Waals surface area (Å²) in [4.78, 5) is 53.8. The van der Waals surface area contributed by atoms with Crippen LogP contribution in [0.25, 0.3) is 0 Å². The Morgan fingerprint density at radius 3 is 1.97 bits per heavy atom. The number of aliphatic hydroxyl groups is 3. The number of methoxy groups -OCH3 is 2. The van der Waals surface area contributed by atoms with Gasteiger partial charge < -0.3 is 53.2 Å². The molecule has 2 aliphatic heterocycles. The van der Waals surface area contributed by atoms with Crippen LogP contribution in [0.3, 0.4) is 0 Å². The van der Waals surface area contributed by atoms with Gasteiger partial charge in [0, 0.05) is 59.2 Å². The average Bonchev–Trinajstić information content (AvgIpc) is 3.13. The molecule has 0 aromatic carbocycles. The van der Waals surface area contributed by atoms with E-state index < -0.39 is 132 Å². The van der Waals surface area contributed by atoms with Crippen LogP contribution in [0.5, 0.6) is 0 Å². The number of Topliss-reactive ketones (excluding diaryl/α,β-unsaturated/α-hetero) is 2. The van der Waals surface area contributed by atoms with Gasteiger partial charge in [-0.3, -0.25) is 19.2 Å². The van der Waals surface area contributed by atoms with E-state index in [1.54, 1.807) is 41.5 Å². The average molecular weight is 831 g/mol. The summed E-state index contributed by atoms with van der Waals surface area (Å²) in [6.07, 6.45) is -9.08. The number of carbonyl (C=O) groups is 4. The lowest BCUT2D eigenvalue weighted by atomic mass is 9.68. The first-order valence-electron chi connectivity index (χ1n) is 21.0. The number of esters is 2. The summed E-state index contributed by atoms with van der Waals surface area (Å²) in [6.45, 7) is 21.6. The molecule has 58 heavy (non-hydrogen) atoms. The molecule has 0 amide bonds. The highest BCUT2D eigenvalue weighted by molar-refractivity contribution is 5.89. The van der Waals surface area contributed by atoms with E-state index in [0.29, 0.717) is 6.42 Å². The quantitative estimate of drug-likeness (QED) is 0.265. The zero-order chi connectivity index (χ0) is 44.2. The number of ether oxygens (including phenoxy) is 8. The molecule has 15 heteroatoms. The summed E-state index contributed by atoms with van der Waals surface area (Å²) in [7, 11) is 3.01. The maximum atomic E-state index is 14.8. The lowest BCUT2D eigenvalue weighted by Gasteiger charge is -2.48. The van der Waals surface area contributed by atoms with Crippen LogP contribution >= 0.6 is 0 Å². The van der Waals surface area contributed by atoms with Crippen molar-refractivity contribution in [1.82, 2.24) is 0 Å². The second kappa shape index (κ2) is 20.7. The Morgan fingerprint density at radius 2 is 1.43 bits per heavy atom. The van der Waals surface area contributed by atoms with Gasteiger partial charge in [-0.2, -0.15) is 0 Å².